The summed E-state index contributed by atoms with van der Waals surface area (Å²) in [7, 11) is 0. The van der Waals surface area contributed by atoms with Crippen molar-refractivity contribution in [3.8, 4) is 5.75 Å². The van der Waals surface area contributed by atoms with Gasteiger partial charge in [0.05, 0.1) is 5.02 Å². The minimum Gasteiger partial charge on any atom is -0.479 e. The van der Waals surface area contributed by atoms with E-state index in [1.807, 2.05) is 12.1 Å². The van der Waals surface area contributed by atoms with Crippen LogP contribution in [0.4, 0.5) is 0 Å². The number of ether oxygens (including phenoxy) is 1. The highest BCUT2D eigenvalue weighted by Crippen LogP contribution is 2.24. The van der Waals surface area contributed by atoms with Gasteiger partial charge in [0.15, 0.2) is 6.10 Å². The van der Waals surface area contributed by atoms with Crippen LogP contribution < -0.4 is 10.1 Å². The van der Waals surface area contributed by atoms with Gasteiger partial charge in [0.2, 0.25) is 0 Å². The van der Waals surface area contributed by atoms with Gasteiger partial charge in [-0.15, -0.1) is 0 Å². The van der Waals surface area contributed by atoms with E-state index in [1.165, 1.54) is 0 Å². The van der Waals surface area contributed by atoms with Gasteiger partial charge in [0.25, 0.3) is 5.91 Å². The molecular formula is C16H15Cl2NO2. The Labute approximate surface area is 133 Å². The normalized spacial score (nSPS) is 11.8. The summed E-state index contributed by atoms with van der Waals surface area (Å²) in [5, 5.41) is 3.96. The molecule has 0 saturated heterocycles. The molecule has 0 radical (unpaired) electrons. The van der Waals surface area contributed by atoms with Crippen LogP contribution in [0.5, 0.6) is 5.75 Å². The predicted molar refractivity (Wildman–Crippen MR) is 84.8 cm³/mol. The van der Waals surface area contributed by atoms with Crippen molar-refractivity contribution < 1.29 is 9.53 Å². The fourth-order valence-corrected chi connectivity index (χ4v) is 2.03. The number of carbonyl (C=O) groups is 1. The van der Waals surface area contributed by atoms with E-state index in [0.717, 1.165) is 5.56 Å². The van der Waals surface area contributed by atoms with E-state index in [2.05, 4.69) is 5.32 Å². The highest BCUT2D eigenvalue weighted by molar-refractivity contribution is 6.32. The Morgan fingerprint density at radius 3 is 2.48 bits per heavy atom. The van der Waals surface area contributed by atoms with Crippen molar-refractivity contribution in [2.45, 2.75) is 19.6 Å². The van der Waals surface area contributed by atoms with E-state index in [0.29, 0.717) is 22.3 Å². The summed E-state index contributed by atoms with van der Waals surface area (Å²) in [6, 6.07) is 14.4. The molecule has 2 aromatic carbocycles. The van der Waals surface area contributed by atoms with Gasteiger partial charge in [-0.3, -0.25) is 4.79 Å². The van der Waals surface area contributed by atoms with Gasteiger partial charge < -0.3 is 10.1 Å². The smallest absolute Gasteiger partial charge is 0.261 e. The summed E-state index contributed by atoms with van der Waals surface area (Å²) in [4.78, 5) is 12.0. The number of halogens is 2. The van der Waals surface area contributed by atoms with Gasteiger partial charge in [-0.2, -0.15) is 0 Å². The number of para-hydroxylation sites is 1. The number of amides is 1. The van der Waals surface area contributed by atoms with Crippen LogP contribution in [-0.2, 0) is 11.3 Å². The van der Waals surface area contributed by atoms with Crippen LogP contribution in [0, 0.1) is 0 Å². The van der Waals surface area contributed by atoms with E-state index < -0.39 is 6.10 Å². The maximum Gasteiger partial charge on any atom is 0.261 e. The second kappa shape index (κ2) is 7.34. The molecule has 0 aliphatic heterocycles. The fraction of sp³-hybridized carbons (Fsp3) is 0.188. The Balaban J connectivity index is 1.88. The molecule has 1 atom stereocenters. The molecule has 0 fully saturated rings. The van der Waals surface area contributed by atoms with Crippen LogP contribution in [0.1, 0.15) is 12.5 Å². The molecule has 0 aromatic heterocycles. The van der Waals surface area contributed by atoms with Crippen molar-refractivity contribution in [1.82, 2.24) is 5.32 Å². The molecule has 2 aromatic rings. The third-order valence-electron chi connectivity index (χ3n) is 2.89. The molecule has 1 amide bonds. The van der Waals surface area contributed by atoms with Crippen molar-refractivity contribution in [3.05, 3.63) is 64.1 Å². The molecular weight excluding hydrogens is 309 g/mol. The van der Waals surface area contributed by atoms with Crippen LogP contribution in [-0.4, -0.2) is 12.0 Å². The van der Waals surface area contributed by atoms with Crippen molar-refractivity contribution in [2.24, 2.45) is 0 Å². The fourth-order valence-electron chi connectivity index (χ4n) is 1.72. The highest BCUT2D eigenvalue weighted by atomic mass is 35.5. The Morgan fingerprint density at radius 2 is 1.81 bits per heavy atom. The zero-order valence-corrected chi connectivity index (χ0v) is 13.0. The monoisotopic (exact) mass is 323 g/mol. The SMILES string of the molecule is C[C@H](Oc1ccccc1Cl)C(=O)NCc1ccc(Cl)cc1. The second-order valence-electron chi connectivity index (χ2n) is 4.53. The molecule has 21 heavy (non-hydrogen) atoms. The van der Waals surface area contributed by atoms with Crippen LogP contribution in [0.25, 0.3) is 0 Å². The summed E-state index contributed by atoms with van der Waals surface area (Å²) in [6.07, 6.45) is -0.628. The molecule has 0 spiro atoms. The first kappa shape index (κ1) is 15.7. The van der Waals surface area contributed by atoms with E-state index in [4.69, 9.17) is 27.9 Å². The first-order valence-electron chi connectivity index (χ1n) is 6.49. The molecule has 0 saturated carbocycles. The standard InChI is InChI=1S/C16H15Cl2NO2/c1-11(21-15-5-3-2-4-14(15)18)16(20)19-10-12-6-8-13(17)9-7-12/h2-9,11H,10H2,1H3,(H,19,20)/t11-/m0/s1. The summed E-state index contributed by atoms with van der Waals surface area (Å²) in [5.41, 5.74) is 0.970. The number of hydrogen-bond donors (Lipinski definition) is 1. The van der Waals surface area contributed by atoms with Crippen LogP contribution in [0.15, 0.2) is 48.5 Å². The van der Waals surface area contributed by atoms with Gasteiger partial charge in [-0.05, 0) is 36.8 Å². The lowest BCUT2D eigenvalue weighted by atomic mass is 10.2. The zero-order chi connectivity index (χ0) is 15.2. The molecule has 110 valence electrons. The average Bonchev–Trinajstić information content (AvgIpc) is 2.48. The molecule has 0 heterocycles. The van der Waals surface area contributed by atoms with Gasteiger partial charge in [-0.1, -0.05) is 47.5 Å². The second-order valence-corrected chi connectivity index (χ2v) is 5.38. The number of nitrogens with one attached hydrogen (secondary N) is 1. The lowest BCUT2D eigenvalue weighted by Gasteiger charge is -2.15. The quantitative estimate of drug-likeness (QED) is 0.900. The lowest BCUT2D eigenvalue weighted by molar-refractivity contribution is -0.127. The van der Waals surface area contributed by atoms with Crippen LogP contribution >= 0.6 is 23.2 Å². The Bertz CT molecular complexity index is 614. The van der Waals surface area contributed by atoms with E-state index in [1.54, 1.807) is 43.3 Å². The van der Waals surface area contributed by atoms with Gasteiger partial charge in [0, 0.05) is 11.6 Å². The van der Waals surface area contributed by atoms with Gasteiger partial charge >= 0.3 is 0 Å². The average molecular weight is 324 g/mol. The number of carbonyl (C=O) groups excluding carboxylic acids is 1. The molecule has 1 N–H and O–H groups in total. The molecule has 0 aliphatic carbocycles. The minimum atomic E-state index is -0.628. The summed E-state index contributed by atoms with van der Waals surface area (Å²) < 4.78 is 5.55. The predicted octanol–water partition coefficient (Wildman–Crippen LogP) is 4.08. The Hall–Kier alpha value is -1.71. The molecule has 0 bridgehead atoms. The summed E-state index contributed by atoms with van der Waals surface area (Å²) >= 11 is 11.8. The van der Waals surface area contributed by atoms with Gasteiger partial charge in [-0.25, -0.2) is 0 Å². The van der Waals surface area contributed by atoms with E-state index in [9.17, 15) is 4.79 Å². The third-order valence-corrected chi connectivity index (χ3v) is 3.45. The maximum atomic E-state index is 12.0. The minimum absolute atomic E-state index is 0.204. The molecule has 5 heteroatoms. The largest absolute Gasteiger partial charge is 0.479 e. The topological polar surface area (TPSA) is 38.3 Å². The first-order chi connectivity index (χ1) is 10.1. The number of benzene rings is 2. The Kier molecular flexibility index (Phi) is 5.48. The van der Waals surface area contributed by atoms with Gasteiger partial charge in [0.1, 0.15) is 5.75 Å². The first-order valence-corrected chi connectivity index (χ1v) is 7.25. The summed E-state index contributed by atoms with van der Waals surface area (Å²) in [5.74, 6) is 0.290. The van der Waals surface area contributed by atoms with E-state index >= 15 is 0 Å². The lowest BCUT2D eigenvalue weighted by Crippen LogP contribution is -2.35. The Morgan fingerprint density at radius 1 is 1.14 bits per heavy atom. The van der Waals surface area contributed by atoms with Crippen molar-refractivity contribution in [3.63, 3.8) is 0 Å². The third kappa shape index (κ3) is 4.66. The maximum absolute atomic E-state index is 12.0. The van der Waals surface area contributed by atoms with E-state index in [-0.39, 0.29) is 5.91 Å². The summed E-state index contributed by atoms with van der Waals surface area (Å²) in [6.45, 7) is 2.10. The van der Waals surface area contributed by atoms with Crippen molar-refractivity contribution in [2.75, 3.05) is 0 Å². The molecule has 0 aliphatic rings. The zero-order valence-electron chi connectivity index (χ0n) is 11.5. The molecule has 2 rings (SSSR count). The van der Waals surface area contributed by atoms with Crippen LogP contribution in [0.3, 0.4) is 0 Å². The van der Waals surface area contributed by atoms with Crippen LogP contribution in [0.2, 0.25) is 10.0 Å². The van der Waals surface area contributed by atoms with Crippen molar-refractivity contribution >= 4 is 29.1 Å². The number of hydrogen-bond acceptors (Lipinski definition) is 2. The highest BCUT2D eigenvalue weighted by Gasteiger charge is 2.15. The van der Waals surface area contributed by atoms with Crippen molar-refractivity contribution in [1.29, 1.82) is 0 Å². The molecule has 0 unspecified atom stereocenters. The number of rotatable bonds is 5. The molecule has 3 nitrogen and oxygen atoms in total.